The highest BCUT2D eigenvalue weighted by Gasteiger charge is 2.01. The minimum absolute atomic E-state index is 0. The maximum absolute atomic E-state index is 10.9. The van der Waals surface area contributed by atoms with Gasteiger partial charge in [0.15, 0.2) is 5.78 Å². The number of carbonyl (C=O) groups is 1. The van der Waals surface area contributed by atoms with E-state index < -0.39 is 0 Å². The van der Waals surface area contributed by atoms with E-state index in [0.717, 1.165) is 11.4 Å². The Kier molecular flexibility index (Phi) is 13.8. The van der Waals surface area contributed by atoms with Crippen LogP contribution in [-0.2, 0) is 0 Å². The number of H-pyrrole nitrogens is 1. The van der Waals surface area contributed by atoms with E-state index in [2.05, 4.69) is 35.9 Å². The summed E-state index contributed by atoms with van der Waals surface area (Å²) in [4.78, 5) is 25.8. The first-order chi connectivity index (χ1) is 10.3. The van der Waals surface area contributed by atoms with Gasteiger partial charge in [0.05, 0.1) is 29.2 Å². The molecule has 0 saturated carbocycles. The number of carbonyl (C=O) groups excluding carboxylic acids is 1. The van der Waals surface area contributed by atoms with Gasteiger partial charge in [-0.15, -0.1) is 17.0 Å². The lowest BCUT2D eigenvalue weighted by atomic mass is 10.3. The number of halogens is 2. The fourth-order valence-electron chi connectivity index (χ4n) is 1.51. The van der Waals surface area contributed by atoms with Gasteiger partial charge in [0, 0.05) is 12.4 Å². The second-order valence-electron chi connectivity index (χ2n) is 3.95. The maximum atomic E-state index is 10.9. The summed E-state index contributed by atoms with van der Waals surface area (Å²) in [6.45, 7) is 0. The molecule has 0 aliphatic carbocycles. The number of nitrogens with zero attached hydrogens (tertiary/aromatic N) is 3. The summed E-state index contributed by atoms with van der Waals surface area (Å²) in [5.41, 5.74) is 2.38. The van der Waals surface area contributed by atoms with Crippen LogP contribution in [-0.4, -0.2) is 31.0 Å². The first-order valence-electron chi connectivity index (χ1n) is 6.21. The van der Waals surface area contributed by atoms with Crippen molar-refractivity contribution in [1.29, 1.82) is 0 Å². The van der Waals surface area contributed by atoms with Crippen molar-refractivity contribution in [2.24, 2.45) is 0 Å². The molecule has 0 aromatic carbocycles. The van der Waals surface area contributed by atoms with Gasteiger partial charge < -0.3 is 4.98 Å². The topological polar surface area (TPSA) is 71.5 Å². The van der Waals surface area contributed by atoms with Crippen LogP contribution in [0.3, 0.4) is 0 Å². The number of nitrogens with one attached hydrogen (secondary N) is 1. The van der Waals surface area contributed by atoms with Gasteiger partial charge in [-0.25, -0.2) is 4.98 Å². The molecule has 3 aromatic heterocycles. The minimum Gasteiger partial charge on any atom is -0.343 e. The summed E-state index contributed by atoms with van der Waals surface area (Å²) in [5.74, 6) is 0.0144. The number of rotatable bonds is 3. The highest BCUT2D eigenvalue weighted by Crippen LogP contribution is 2.10. The summed E-state index contributed by atoms with van der Waals surface area (Å²) < 4.78 is 0. The molecule has 0 spiro atoms. The van der Waals surface area contributed by atoms with Gasteiger partial charge in [0.1, 0.15) is 5.69 Å². The number of imidazole rings is 1. The lowest BCUT2D eigenvalue weighted by molar-refractivity contribution is 0.101. The number of Topliss-reactive ketones (excluding diaryl/α,β-unsaturated/α-hetero) is 1. The molecule has 0 aliphatic rings. The smallest absolute Gasteiger partial charge is 0.191 e. The molecule has 7 heteroatoms. The van der Waals surface area contributed by atoms with Crippen LogP contribution in [0.15, 0.2) is 61.3 Å². The van der Waals surface area contributed by atoms with Crippen molar-refractivity contribution in [2.45, 2.75) is 14.9 Å². The Balaban J connectivity index is 0. The third-order valence-electron chi connectivity index (χ3n) is 2.51. The Bertz CT molecular complexity index is 662. The Morgan fingerprint density at radius 2 is 1.71 bits per heavy atom. The molecule has 0 amide bonds. The summed E-state index contributed by atoms with van der Waals surface area (Å²) in [7, 11) is 0. The second-order valence-corrected chi connectivity index (χ2v) is 4.51. The van der Waals surface area contributed by atoms with Crippen molar-refractivity contribution >= 4 is 38.7 Å². The van der Waals surface area contributed by atoms with Gasteiger partial charge in [-0.2, -0.15) is 0 Å². The number of hydrogen-bond acceptors (Lipinski definition) is 4. The van der Waals surface area contributed by atoms with Gasteiger partial charge in [0.25, 0.3) is 0 Å². The molecule has 1 N–H and O–H groups in total. The van der Waals surface area contributed by atoms with Crippen LogP contribution in [0, 0.1) is 0 Å². The zero-order valence-electron chi connectivity index (χ0n) is 11.5. The van der Waals surface area contributed by atoms with E-state index in [1.165, 1.54) is 0 Å². The highest BCUT2D eigenvalue weighted by molar-refractivity contribution is 9.09. The fourth-order valence-corrected chi connectivity index (χ4v) is 1.80. The molecule has 0 atom stereocenters. The van der Waals surface area contributed by atoms with Gasteiger partial charge in [-0.05, 0) is 24.3 Å². The molecular formula is C17H22Br2N4O. The Labute approximate surface area is 161 Å². The van der Waals surface area contributed by atoms with E-state index in [1.54, 1.807) is 43.1 Å². The van der Waals surface area contributed by atoms with Crippen LogP contribution in [0.4, 0.5) is 0 Å². The van der Waals surface area contributed by atoms with Crippen molar-refractivity contribution in [3.05, 3.63) is 67.0 Å². The molecular weight excluding hydrogens is 436 g/mol. The molecule has 0 radical (unpaired) electrons. The van der Waals surface area contributed by atoms with Crippen molar-refractivity contribution < 1.29 is 4.79 Å². The average Bonchev–Trinajstić information content (AvgIpc) is 3.11. The number of aromatic nitrogens is 4. The van der Waals surface area contributed by atoms with Crippen molar-refractivity contribution in [3.63, 3.8) is 0 Å². The van der Waals surface area contributed by atoms with Crippen LogP contribution in [0.25, 0.3) is 11.4 Å². The molecule has 3 aromatic rings. The van der Waals surface area contributed by atoms with Crippen LogP contribution >= 0.6 is 32.9 Å². The standard InChI is InChI=1S/C8H7N3.C7H6BrNO.2CH4.BrH/c1-2-4-10-7(3-1)8-5-9-6-11-8;8-5-7(10)6-3-1-2-4-9-6;;;/h1-6H,(H,9,11);1-4H,5H2;2*1H4;1H. The number of aromatic amines is 1. The van der Waals surface area contributed by atoms with E-state index in [4.69, 9.17) is 0 Å². The van der Waals surface area contributed by atoms with E-state index in [1.807, 2.05) is 18.2 Å². The predicted molar refractivity (Wildman–Crippen MR) is 108 cm³/mol. The van der Waals surface area contributed by atoms with Gasteiger partial charge >= 0.3 is 0 Å². The van der Waals surface area contributed by atoms with Crippen molar-refractivity contribution in [2.75, 3.05) is 5.33 Å². The molecule has 24 heavy (non-hydrogen) atoms. The number of ketones is 1. The third-order valence-corrected chi connectivity index (χ3v) is 3.02. The quantitative estimate of drug-likeness (QED) is 0.444. The number of hydrogen-bond donors (Lipinski definition) is 1. The lowest BCUT2D eigenvalue weighted by Crippen LogP contribution is -2.01. The monoisotopic (exact) mass is 456 g/mol. The molecule has 0 unspecified atom stereocenters. The first kappa shape index (κ1) is 24.4. The summed E-state index contributed by atoms with van der Waals surface area (Å²) in [6, 6.07) is 11.0. The molecule has 0 bridgehead atoms. The molecule has 0 fully saturated rings. The second kappa shape index (κ2) is 13.6. The molecule has 0 saturated heterocycles. The van der Waals surface area contributed by atoms with Crippen LogP contribution in [0.5, 0.6) is 0 Å². The molecule has 3 rings (SSSR count). The molecule has 130 valence electrons. The van der Waals surface area contributed by atoms with E-state index in [9.17, 15) is 4.79 Å². The highest BCUT2D eigenvalue weighted by atomic mass is 79.9. The zero-order valence-corrected chi connectivity index (χ0v) is 14.8. The fraction of sp³-hybridized carbons (Fsp3) is 0.176. The van der Waals surface area contributed by atoms with Crippen LogP contribution < -0.4 is 0 Å². The predicted octanol–water partition coefficient (Wildman–Crippen LogP) is 4.98. The third kappa shape index (κ3) is 7.61. The van der Waals surface area contributed by atoms with E-state index >= 15 is 0 Å². The Morgan fingerprint density at radius 1 is 1.04 bits per heavy atom. The lowest BCUT2D eigenvalue weighted by Gasteiger charge is -1.92. The van der Waals surface area contributed by atoms with E-state index in [-0.39, 0.29) is 37.6 Å². The summed E-state index contributed by atoms with van der Waals surface area (Å²) in [6.07, 6.45) is 6.76. The van der Waals surface area contributed by atoms with E-state index in [0.29, 0.717) is 11.0 Å². The minimum atomic E-state index is 0. The normalized spacial score (nSPS) is 8.38. The maximum Gasteiger partial charge on any atom is 0.191 e. The largest absolute Gasteiger partial charge is 0.343 e. The first-order valence-corrected chi connectivity index (χ1v) is 7.33. The molecule has 3 heterocycles. The average molecular weight is 458 g/mol. The van der Waals surface area contributed by atoms with Crippen LogP contribution in [0.2, 0.25) is 0 Å². The Hall–Kier alpha value is -1.86. The number of pyridine rings is 2. The van der Waals surface area contributed by atoms with Crippen molar-refractivity contribution in [1.82, 2.24) is 19.9 Å². The Morgan fingerprint density at radius 3 is 2.17 bits per heavy atom. The summed E-state index contributed by atoms with van der Waals surface area (Å²) in [5, 5.41) is 0.337. The SMILES string of the molecule is Br.C.C.O=C(CBr)c1ccccn1.c1ccc(-c2cnc[nH]2)nc1. The number of alkyl halides is 1. The van der Waals surface area contributed by atoms with Gasteiger partial charge in [-0.1, -0.05) is 42.9 Å². The van der Waals surface area contributed by atoms with Crippen molar-refractivity contribution in [3.8, 4) is 11.4 Å². The molecule has 0 aliphatic heterocycles. The zero-order chi connectivity index (χ0) is 14.9. The van der Waals surface area contributed by atoms with Crippen LogP contribution in [0.1, 0.15) is 25.3 Å². The molecule has 5 nitrogen and oxygen atoms in total. The summed E-state index contributed by atoms with van der Waals surface area (Å²) >= 11 is 3.06. The van der Waals surface area contributed by atoms with Gasteiger partial charge in [0.2, 0.25) is 0 Å². The van der Waals surface area contributed by atoms with Gasteiger partial charge in [-0.3, -0.25) is 14.8 Å².